The van der Waals surface area contributed by atoms with Crippen molar-refractivity contribution in [2.24, 2.45) is 5.92 Å². The third-order valence-electron chi connectivity index (χ3n) is 3.98. The van der Waals surface area contributed by atoms with Crippen LogP contribution in [-0.4, -0.2) is 40.9 Å². The van der Waals surface area contributed by atoms with Gasteiger partial charge in [-0.15, -0.1) is 0 Å². The maximum Gasteiger partial charge on any atom is 0.319 e. The van der Waals surface area contributed by atoms with Gasteiger partial charge in [0.2, 0.25) is 5.91 Å². The van der Waals surface area contributed by atoms with Crippen LogP contribution in [0.5, 0.6) is 0 Å². The van der Waals surface area contributed by atoms with E-state index >= 15 is 0 Å². The number of nitrogens with one attached hydrogen (secondary N) is 1. The first-order valence-electron chi connectivity index (χ1n) is 7.40. The Hall–Kier alpha value is -1.92. The highest BCUT2D eigenvalue weighted by Crippen LogP contribution is 2.23. The predicted octanol–water partition coefficient (Wildman–Crippen LogP) is 2.18. The zero-order valence-corrected chi connectivity index (χ0v) is 12.8. The molecule has 2 amide bonds. The van der Waals surface area contributed by atoms with Gasteiger partial charge >= 0.3 is 6.55 Å². The number of carbonyl (C=O) groups excluding carboxylic acids is 2. The molecule has 2 rings (SSSR count). The smallest absolute Gasteiger partial charge is 0.319 e. The van der Waals surface area contributed by atoms with Crippen LogP contribution in [0.4, 0.5) is 8.78 Å². The van der Waals surface area contributed by atoms with Crippen molar-refractivity contribution in [3.63, 3.8) is 0 Å². The molecule has 1 fully saturated rings. The molecule has 1 atom stereocenters. The summed E-state index contributed by atoms with van der Waals surface area (Å²) in [7, 11) is 0. The minimum atomic E-state index is -2.73. The van der Waals surface area contributed by atoms with E-state index in [0.29, 0.717) is 25.3 Å². The molecular weight excluding hydrogens is 292 g/mol. The number of alkyl halides is 2. The summed E-state index contributed by atoms with van der Waals surface area (Å²) in [5.41, 5.74) is 0.387. The van der Waals surface area contributed by atoms with Gasteiger partial charge < -0.3 is 10.2 Å². The van der Waals surface area contributed by atoms with Crippen molar-refractivity contribution in [2.75, 3.05) is 19.6 Å². The molecule has 0 bridgehead atoms. The van der Waals surface area contributed by atoms with E-state index in [9.17, 15) is 18.4 Å². The van der Waals surface area contributed by atoms with E-state index in [1.54, 1.807) is 11.8 Å². The Morgan fingerprint density at radius 1 is 1.41 bits per heavy atom. The Morgan fingerprint density at radius 3 is 2.77 bits per heavy atom. The number of aryl methyl sites for hydroxylation is 1. The average molecular weight is 313 g/mol. The molecule has 0 unspecified atom stereocenters. The maximum absolute atomic E-state index is 13.1. The minimum Gasteiger partial charge on any atom is -0.356 e. The van der Waals surface area contributed by atoms with E-state index in [1.165, 1.54) is 19.1 Å². The quantitative estimate of drug-likeness (QED) is 0.926. The van der Waals surface area contributed by atoms with Crippen LogP contribution >= 0.6 is 0 Å². The molecule has 0 radical (unpaired) electrons. The highest BCUT2D eigenvalue weighted by molar-refractivity contribution is 5.93. The monoisotopic (exact) mass is 313 g/mol. The molecule has 0 spiro atoms. The molecule has 2 heterocycles. The maximum atomic E-state index is 13.1. The number of aromatic nitrogens is 1. The molecule has 1 aliphatic rings. The van der Waals surface area contributed by atoms with E-state index in [-0.39, 0.29) is 23.4 Å². The zero-order valence-electron chi connectivity index (χ0n) is 12.8. The van der Waals surface area contributed by atoms with Crippen LogP contribution in [0.2, 0.25) is 0 Å². The molecule has 1 N–H and O–H groups in total. The van der Waals surface area contributed by atoms with Gasteiger partial charge in [-0.2, -0.15) is 8.78 Å². The van der Waals surface area contributed by atoms with Gasteiger partial charge in [-0.25, -0.2) is 0 Å². The molecule has 1 aromatic rings. The van der Waals surface area contributed by atoms with E-state index in [0.717, 1.165) is 17.4 Å². The van der Waals surface area contributed by atoms with Gasteiger partial charge in [-0.3, -0.25) is 14.2 Å². The highest BCUT2D eigenvalue weighted by atomic mass is 19.3. The molecule has 22 heavy (non-hydrogen) atoms. The molecule has 5 nitrogen and oxygen atoms in total. The van der Waals surface area contributed by atoms with Gasteiger partial charge in [0.25, 0.3) is 5.91 Å². The Kier molecular flexibility index (Phi) is 5.15. The third kappa shape index (κ3) is 3.64. The standard InChI is InChI=1S/C15H21F2N3O2/c1-10-5-6-13(20(10)15(16)17)14(22)19-7-3-4-12(9-19)8-18-11(2)21/h5-6,12,15H,3-4,7-9H2,1-2H3,(H,18,21)/t12-/m1/s1. The first kappa shape index (κ1) is 16.5. The van der Waals surface area contributed by atoms with E-state index in [2.05, 4.69) is 5.32 Å². The summed E-state index contributed by atoms with van der Waals surface area (Å²) >= 11 is 0. The molecule has 0 aromatic carbocycles. The van der Waals surface area contributed by atoms with E-state index in [1.807, 2.05) is 0 Å². The third-order valence-corrected chi connectivity index (χ3v) is 3.98. The van der Waals surface area contributed by atoms with Crippen LogP contribution < -0.4 is 5.32 Å². The lowest BCUT2D eigenvalue weighted by atomic mass is 9.97. The second-order valence-corrected chi connectivity index (χ2v) is 5.70. The Morgan fingerprint density at radius 2 is 2.14 bits per heavy atom. The number of halogens is 2. The number of hydrogen-bond acceptors (Lipinski definition) is 2. The Bertz CT molecular complexity index is 557. The summed E-state index contributed by atoms with van der Waals surface area (Å²) in [4.78, 5) is 25.1. The second-order valence-electron chi connectivity index (χ2n) is 5.70. The van der Waals surface area contributed by atoms with Crippen molar-refractivity contribution in [1.29, 1.82) is 0 Å². The second kappa shape index (κ2) is 6.89. The number of amides is 2. The van der Waals surface area contributed by atoms with Crippen molar-refractivity contribution >= 4 is 11.8 Å². The average Bonchev–Trinajstić information content (AvgIpc) is 2.86. The lowest BCUT2D eigenvalue weighted by Crippen LogP contribution is -2.44. The molecule has 1 aromatic heterocycles. The van der Waals surface area contributed by atoms with Gasteiger partial charge in [0.1, 0.15) is 5.69 Å². The van der Waals surface area contributed by atoms with Crippen molar-refractivity contribution < 1.29 is 18.4 Å². The number of piperidine rings is 1. The minimum absolute atomic E-state index is 0.0210. The van der Waals surface area contributed by atoms with Crippen LogP contribution in [0.15, 0.2) is 12.1 Å². The Labute approximate surface area is 128 Å². The summed E-state index contributed by atoms with van der Waals surface area (Å²) < 4.78 is 26.9. The largest absolute Gasteiger partial charge is 0.356 e. The first-order valence-corrected chi connectivity index (χ1v) is 7.40. The molecule has 7 heteroatoms. The van der Waals surface area contributed by atoms with Gasteiger partial charge in [0.05, 0.1) is 0 Å². The lowest BCUT2D eigenvalue weighted by molar-refractivity contribution is -0.119. The molecule has 1 saturated heterocycles. The number of rotatable bonds is 4. The van der Waals surface area contributed by atoms with Gasteiger partial charge in [-0.05, 0) is 37.8 Å². The summed E-state index contributed by atoms with van der Waals surface area (Å²) in [6.07, 6.45) is 1.73. The zero-order chi connectivity index (χ0) is 16.3. The van der Waals surface area contributed by atoms with Crippen molar-refractivity contribution in [3.8, 4) is 0 Å². The molecule has 1 aliphatic heterocycles. The summed E-state index contributed by atoms with van der Waals surface area (Å²) in [6.45, 7) is 1.82. The summed E-state index contributed by atoms with van der Waals surface area (Å²) in [6, 6.07) is 2.97. The lowest BCUT2D eigenvalue weighted by Gasteiger charge is -2.33. The SMILES string of the molecule is CC(=O)NC[C@H]1CCCN(C(=O)c2ccc(C)n2C(F)F)C1. The van der Waals surface area contributed by atoms with Gasteiger partial charge in [0.15, 0.2) is 0 Å². The summed E-state index contributed by atoms with van der Waals surface area (Å²) in [5, 5.41) is 2.75. The van der Waals surface area contributed by atoms with Crippen molar-refractivity contribution in [3.05, 3.63) is 23.5 Å². The topological polar surface area (TPSA) is 54.3 Å². The summed E-state index contributed by atoms with van der Waals surface area (Å²) in [5.74, 6) is -0.316. The number of nitrogens with zero attached hydrogens (tertiary/aromatic N) is 2. The number of carbonyl (C=O) groups is 2. The Balaban J connectivity index is 2.07. The van der Waals surface area contributed by atoms with Gasteiger partial charge in [-0.1, -0.05) is 0 Å². The fraction of sp³-hybridized carbons (Fsp3) is 0.600. The van der Waals surface area contributed by atoms with E-state index < -0.39 is 6.55 Å². The fourth-order valence-corrected chi connectivity index (χ4v) is 2.85. The van der Waals surface area contributed by atoms with Crippen LogP contribution in [0.1, 0.15) is 42.5 Å². The molecule has 122 valence electrons. The van der Waals surface area contributed by atoms with Crippen LogP contribution in [0, 0.1) is 12.8 Å². The van der Waals surface area contributed by atoms with Crippen LogP contribution in [-0.2, 0) is 4.79 Å². The molecule has 0 aliphatic carbocycles. The first-order chi connectivity index (χ1) is 10.4. The van der Waals surface area contributed by atoms with Crippen LogP contribution in [0.3, 0.4) is 0 Å². The molecule has 0 saturated carbocycles. The highest BCUT2D eigenvalue weighted by Gasteiger charge is 2.28. The number of hydrogen-bond donors (Lipinski definition) is 1. The number of likely N-dealkylation sites (tertiary alicyclic amines) is 1. The van der Waals surface area contributed by atoms with Crippen LogP contribution in [0.25, 0.3) is 0 Å². The van der Waals surface area contributed by atoms with Gasteiger partial charge in [0, 0.05) is 32.3 Å². The molecular formula is C15H21F2N3O2. The normalized spacial score (nSPS) is 18.6. The predicted molar refractivity (Wildman–Crippen MR) is 77.7 cm³/mol. The van der Waals surface area contributed by atoms with Crippen molar-refractivity contribution in [2.45, 2.75) is 33.2 Å². The van der Waals surface area contributed by atoms with E-state index in [4.69, 9.17) is 0 Å². The van der Waals surface area contributed by atoms with Crippen molar-refractivity contribution in [1.82, 2.24) is 14.8 Å². The fourth-order valence-electron chi connectivity index (χ4n) is 2.85.